The minimum atomic E-state index is -4.61. The van der Waals surface area contributed by atoms with E-state index in [4.69, 9.17) is 15.4 Å². The fourth-order valence-electron chi connectivity index (χ4n) is 1.79. The van der Waals surface area contributed by atoms with Crippen LogP contribution in [0.3, 0.4) is 0 Å². The number of benzene rings is 2. The molecule has 6 N–H and O–H groups in total. The van der Waals surface area contributed by atoms with Gasteiger partial charge in [-0.15, -0.1) is 0 Å². The number of hydrogen-bond acceptors (Lipinski definition) is 5. The van der Waals surface area contributed by atoms with Gasteiger partial charge in [-0.05, 0) is 29.7 Å². The number of nitrogen functional groups attached to an aromatic ring is 1. The second-order valence-electron chi connectivity index (χ2n) is 3.98. The van der Waals surface area contributed by atoms with Gasteiger partial charge in [0.2, 0.25) is 0 Å². The van der Waals surface area contributed by atoms with Gasteiger partial charge in [0.05, 0.1) is 5.69 Å². The summed E-state index contributed by atoms with van der Waals surface area (Å²) in [5.41, 5.74) is 5.16. The van der Waals surface area contributed by atoms with E-state index < -0.39 is 32.5 Å². The van der Waals surface area contributed by atoms with Crippen molar-refractivity contribution in [3.8, 4) is 5.75 Å². The predicted molar refractivity (Wildman–Crippen MR) is 71.5 cm³/mol. The minimum absolute atomic E-state index is 0.176. The second-order valence-corrected chi connectivity index (χ2v) is 5.37. The average Bonchev–Trinajstić information content (AvgIpc) is 2.31. The zero-order chi connectivity index (χ0) is 15.1. The smallest absolute Gasteiger partial charge is 0.409 e. The highest BCUT2D eigenvalue weighted by atomic mass is 32.2. The summed E-state index contributed by atoms with van der Waals surface area (Å²) in [6, 6.07) is 5.10. The maximum absolute atomic E-state index is 11.2. The zero-order valence-electron chi connectivity index (χ0n) is 9.86. The molecular weight excluding hydrogens is 288 g/mol. The maximum Gasteiger partial charge on any atom is 0.409 e. The highest BCUT2D eigenvalue weighted by molar-refractivity contribution is 7.86. The summed E-state index contributed by atoms with van der Waals surface area (Å²) in [5.74, 6) is -0.503. The number of phenols is 1. The summed E-state index contributed by atoms with van der Waals surface area (Å²) in [6.45, 7) is 0. The molecule has 0 aliphatic carbocycles. The van der Waals surface area contributed by atoms with Crippen LogP contribution in [0.5, 0.6) is 5.75 Å². The molecule has 0 heterocycles. The molecule has 0 saturated carbocycles. The monoisotopic (exact) mass is 298 g/mol. The Hall–Kier alpha value is -2.52. The minimum Gasteiger partial charge on any atom is -0.505 e. The van der Waals surface area contributed by atoms with Gasteiger partial charge in [0.15, 0.2) is 0 Å². The molecule has 0 aromatic heterocycles. The number of rotatable bonds is 2. The number of aromatic hydroxyl groups is 1. The van der Waals surface area contributed by atoms with Crippen LogP contribution in [0, 0.1) is 0 Å². The molecule has 20 heavy (non-hydrogen) atoms. The number of nitrogens with one attached hydrogen (secondary N) is 1. The van der Waals surface area contributed by atoms with E-state index in [-0.39, 0.29) is 16.5 Å². The molecule has 0 fully saturated rings. The lowest BCUT2D eigenvalue weighted by Gasteiger charge is -2.10. The molecule has 0 atom stereocenters. The van der Waals surface area contributed by atoms with Crippen LogP contribution in [0.1, 0.15) is 0 Å². The molecule has 0 radical (unpaired) electrons. The van der Waals surface area contributed by atoms with E-state index in [9.17, 15) is 18.3 Å². The number of fused-ring (bicyclic) bond motifs is 1. The fourth-order valence-corrected chi connectivity index (χ4v) is 2.44. The van der Waals surface area contributed by atoms with Crippen molar-refractivity contribution < 1.29 is 28.0 Å². The molecule has 0 saturated heterocycles. The molecule has 0 bridgehead atoms. The van der Waals surface area contributed by atoms with E-state index >= 15 is 0 Å². The molecule has 8 nitrogen and oxygen atoms in total. The average molecular weight is 298 g/mol. The van der Waals surface area contributed by atoms with E-state index in [0.717, 1.165) is 6.07 Å². The number of amides is 1. The SMILES string of the molecule is Nc1c(S(=O)(=O)O)cc2cc(NC(=O)O)ccc2c1O. The van der Waals surface area contributed by atoms with Crippen molar-refractivity contribution in [2.45, 2.75) is 4.90 Å². The van der Waals surface area contributed by atoms with Crippen molar-refractivity contribution in [2.75, 3.05) is 11.1 Å². The van der Waals surface area contributed by atoms with Crippen LogP contribution in [0.4, 0.5) is 16.2 Å². The number of hydrogen-bond donors (Lipinski definition) is 5. The standard InChI is InChI=1S/C11H10N2O6S/c12-9-8(20(17,18)19)4-5-3-6(13-11(15)16)1-2-7(5)10(9)14/h1-4,13-14H,12H2,(H,15,16)(H,17,18,19). The first-order chi connectivity index (χ1) is 9.20. The summed E-state index contributed by atoms with van der Waals surface area (Å²) in [4.78, 5) is 9.89. The van der Waals surface area contributed by atoms with Gasteiger partial charge in [0, 0.05) is 11.1 Å². The van der Waals surface area contributed by atoms with Crippen molar-refractivity contribution in [1.29, 1.82) is 0 Å². The fraction of sp³-hybridized carbons (Fsp3) is 0. The zero-order valence-corrected chi connectivity index (χ0v) is 10.7. The molecule has 2 aromatic rings. The van der Waals surface area contributed by atoms with Crippen molar-refractivity contribution in [2.24, 2.45) is 0 Å². The van der Waals surface area contributed by atoms with Gasteiger partial charge in [-0.3, -0.25) is 9.87 Å². The maximum atomic E-state index is 11.2. The number of nitrogens with two attached hydrogens (primary N) is 1. The molecule has 0 aliphatic heterocycles. The molecular formula is C11H10N2O6S. The second kappa shape index (κ2) is 4.54. The first-order valence-corrected chi connectivity index (χ1v) is 6.67. The molecule has 0 unspecified atom stereocenters. The number of phenolic OH excluding ortho intramolecular Hbond substituents is 1. The third kappa shape index (κ3) is 2.44. The Morgan fingerprint density at radius 2 is 1.90 bits per heavy atom. The summed E-state index contributed by atoms with van der Waals surface area (Å²) >= 11 is 0. The molecule has 2 aromatic carbocycles. The molecule has 2 rings (SSSR count). The van der Waals surface area contributed by atoms with Gasteiger partial charge >= 0.3 is 6.09 Å². The van der Waals surface area contributed by atoms with Crippen LogP contribution < -0.4 is 11.1 Å². The topological polar surface area (TPSA) is 150 Å². The Kier molecular flexibility index (Phi) is 3.16. The van der Waals surface area contributed by atoms with E-state index in [1.54, 1.807) is 0 Å². The summed E-state index contributed by atoms with van der Waals surface area (Å²) in [7, 11) is -4.61. The van der Waals surface area contributed by atoms with Crippen LogP contribution >= 0.6 is 0 Å². The molecule has 106 valence electrons. The van der Waals surface area contributed by atoms with Gasteiger partial charge in [-0.25, -0.2) is 4.79 Å². The van der Waals surface area contributed by atoms with E-state index in [1.807, 2.05) is 0 Å². The van der Waals surface area contributed by atoms with Gasteiger partial charge in [0.25, 0.3) is 10.1 Å². The normalized spacial score (nSPS) is 11.4. The van der Waals surface area contributed by atoms with Crippen molar-refractivity contribution in [1.82, 2.24) is 0 Å². The summed E-state index contributed by atoms with van der Waals surface area (Å²) in [5, 5.41) is 21.0. The Morgan fingerprint density at radius 3 is 2.45 bits per heavy atom. The molecule has 0 aliphatic rings. The Labute approximate surface area is 113 Å². The van der Waals surface area contributed by atoms with Crippen LogP contribution in [-0.2, 0) is 10.1 Å². The van der Waals surface area contributed by atoms with Crippen molar-refractivity contribution >= 4 is 38.4 Å². The first-order valence-electron chi connectivity index (χ1n) is 5.23. The van der Waals surface area contributed by atoms with Gasteiger partial charge in [0.1, 0.15) is 10.6 Å². The van der Waals surface area contributed by atoms with E-state index in [1.165, 1.54) is 18.2 Å². The largest absolute Gasteiger partial charge is 0.505 e. The number of anilines is 2. The van der Waals surface area contributed by atoms with Gasteiger partial charge in [-0.2, -0.15) is 8.42 Å². The van der Waals surface area contributed by atoms with Gasteiger partial charge in [-0.1, -0.05) is 0 Å². The molecule has 9 heteroatoms. The predicted octanol–water partition coefficient (Wildman–Crippen LogP) is 1.46. The van der Waals surface area contributed by atoms with E-state index in [2.05, 4.69) is 5.32 Å². The quantitative estimate of drug-likeness (QED) is 0.320. The van der Waals surface area contributed by atoms with Crippen LogP contribution in [0.2, 0.25) is 0 Å². The Morgan fingerprint density at radius 1 is 1.25 bits per heavy atom. The van der Waals surface area contributed by atoms with Crippen LogP contribution in [-0.4, -0.2) is 29.3 Å². The highest BCUT2D eigenvalue weighted by Crippen LogP contribution is 2.37. The first kappa shape index (κ1) is 13.9. The van der Waals surface area contributed by atoms with Crippen LogP contribution in [0.15, 0.2) is 29.2 Å². The van der Waals surface area contributed by atoms with Crippen molar-refractivity contribution in [3.05, 3.63) is 24.3 Å². The van der Waals surface area contributed by atoms with Crippen LogP contribution in [0.25, 0.3) is 10.8 Å². The molecule has 1 amide bonds. The van der Waals surface area contributed by atoms with Crippen molar-refractivity contribution in [3.63, 3.8) is 0 Å². The lowest BCUT2D eigenvalue weighted by atomic mass is 10.1. The van der Waals surface area contributed by atoms with Gasteiger partial charge < -0.3 is 15.9 Å². The summed E-state index contributed by atoms with van der Waals surface area (Å²) in [6.07, 6.45) is -1.29. The Bertz CT molecular complexity index is 815. The van der Waals surface area contributed by atoms with E-state index in [0.29, 0.717) is 0 Å². The third-order valence-electron chi connectivity index (χ3n) is 2.64. The lowest BCUT2D eigenvalue weighted by molar-refractivity contribution is 0.209. The number of carbonyl (C=O) groups is 1. The third-order valence-corrected chi connectivity index (χ3v) is 3.54. The number of carboxylic acid groups (broad SMARTS) is 1. The highest BCUT2D eigenvalue weighted by Gasteiger charge is 2.19. The Balaban J connectivity index is 2.75. The molecule has 0 spiro atoms. The summed E-state index contributed by atoms with van der Waals surface area (Å²) < 4.78 is 31.4. The lowest BCUT2D eigenvalue weighted by Crippen LogP contribution is -2.07.